The van der Waals surface area contributed by atoms with Gasteiger partial charge in [0, 0.05) is 37.1 Å². The van der Waals surface area contributed by atoms with Crippen LogP contribution in [0.4, 0.5) is 0 Å². The Bertz CT molecular complexity index is 1040. The molecule has 1 amide bonds. The van der Waals surface area contributed by atoms with E-state index in [-0.39, 0.29) is 5.41 Å². The quantitative estimate of drug-likeness (QED) is 0.424. The Morgan fingerprint density at radius 1 is 1.25 bits per heavy atom. The summed E-state index contributed by atoms with van der Waals surface area (Å²) in [6.07, 6.45) is 2.93. The number of primary amides is 1. The molecule has 0 bridgehead atoms. The van der Waals surface area contributed by atoms with E-state index in [1.54, 1.807) is 19.3 Å². The van der Waals surface area contributed by atoms with Gasteiger partial charge in [0.1, 0.15) is 11.5 Å². The fourth-order valence-electron chi connectivity index (χ4n) is 4.02. The van der Waals surface area contributed by atoms with Crippen molar-refractivity contribution in [2.75, 3.05) is 33.5 Å². The van der Waals surface area contributed by atoms with Gasteiger partial charge in [-0.1, -0.05) is 31.2 Å². The molecule has 4 rings (SSSR count). The number of carbonyl (C=O) groups excluding carboxylic acids is 1. The van der Waals surface area contributed by atoms with Gasteiger partial charge in [0.25, 0.3) is 5.91 Å². The predicted octanol–water partition coefficient (Wildman–Crippen LogP) is 1.79. The molecule has 1 fully saturated rings. The van der Waals surface area contributed by atoms with Crippen molar-refractivity contribution >= 4 is 11.6 Å². The Kier molecular flexibility index (Phi) is 5.99. The third-order valence-corrected chi connectivity index (χ3v) is 5.76. The molecule has 2 heterocycles. The van der Waals surface area contributed by atoms with E-state index in [4.69, 9.17) is 31.5 Å². The number of hydrazine groups is 1. The Hall–Kier alpha value is -3.23. The second-order valence-corrected chi connectivity index (χ2v) is 8.90. The molecular weight excluding hydrogens is 408 g/mol. The number of benzene rings is 2. The summed E-state index contributed by atoms with van der Waals surface area (Å²) in [5.74, 6) is 6.45. The van der Waals surface area contributed by atoms with Crippen LogP contribution in [0.3, 0.4) is 0 Å². The smallest absolute Gasteiger partial charge is 0.252 e. The SMILES string of the molecule is CN(N)/C=C(\N)c1ccc(Cc2cc(C(N)=O)c(OCC3(C)COC3)c3c2OCC3)cc1. The standard InChI is InChI=1S/C24H30N4O4/c1-24(12-30-13-24)14-32-22-18-7-8-31-21(18)17(10-19(22)23(26)29)9-15-3-5-16(6-4-15)20(25)11-28(2)27/h3-6,10-11H,7-9,12-14,25,27H2,1-2H3,(H2,26,29)/b20-11-. The maximum Gasteiger partial charge on any atom is 0.252 e. The molecule has 0 saturated carbocycles. The van der Waals surface area contributed by atoms with Crippen LogP contribution in [0.25, 0.3) is 5.70 Å². The van der Waals surface area contributed by atoms with E-state index in [1.165, 1.54) is 5.01 Å². The van der Waals surface area contributed by atoms with E-state index >= 15 is 0 Å². The minimum Gasteiger partial charge on any atom is -0.493 e. The molecule has 0 atom stereocenters. The molecule has 6 N–H and O–H groups in total. The second kappa shape index (κ2) is 8.72. The molecule has 170 valence electrons. The summed E-state index contributed by atoms with van der Waals surface area (Å²) in [7, 11) is 1.71. The number of hydrogen-bond donors (Lipinski definition) is 3. The maximum absolute atomic E-state index is 12.3. The van der Waals surface area contributed by atoms with E-state index in [0.717, 1.165) is 28.0 Å². The Labute approximate surface area is 187 Å². The van der Waals surface area contributed by atoms with Crippen LogP contribution in [0.15, 0.2) is 36.5 Å². The van der Waals surface area contributed by atoms with Crippen LogP contribution in [0.5, 0.6) is 11.5 Å². The highest BCUT2D eigenvalue weighted by molar-refractivity contribution is 5.97. The molecule has 0 unspecified atom stereocenters. The normalized spacial score (nSPS) is 16.7. The lowest BCUT2D eigenvalue weighted by Crippen LogP contribution is -2.44. The molecule has 2 aliphatic rings. The van der Waals surface area contributed by atoms with Gasteiger partial charge in [-0.2, -0.15) is 0 Å². The first-order chi connectivity index (χ1) is 15.3. The first-order valence-electron chi connectivity index (χ1n) is 10.6. The van der Waals surface area contributed by atoms with Crippen molar-refractivity contribution in [3.63, 3.8) is 0 Å². The van der Waals surface area contributed by atoms with Crippen LogP contribution >= 0.6 is 0 Å². The number of fused-ring (bicyclic) bond motifs is 1. The highest BCUT2D eigenvalue weighted by Gasteiger charge is 2.36. The van der Waals surface area contributed by atoms with Crippen molar-refractivity contribution in [2.24, 2.45) is 22.7 Å². The molecule has 8 heteroatoms. The lowest BCUT2D eigenvalue weighted by molar-refractivity contribution is -0.120. The van der Waals surface area contributed by atoms with Crippen LogP contribution in [0, 0.1) is 5.41 Å². The molecule has 1 saturated heterocycles. The first-order valence-corrected chi connectivity index (χ1v) is 10.6. The van der Waals surface area contributed by atoms with Crippen molar-refractivity contribution in [3.8, 4) is 11.5 Å². The van der Waals surface area contributed by atoms with Gasteiger partial charge >= 0.3 is 0 Å². The lowest BCUT2D eigenvalue weighted by Gasteiger charge is -2.37. The third-order valence-electron chi connectivity index (χ3n) is 5.76. The summed E-state index contributed by atoms with van der Waals surface area (Å²) in [6.45, 7) is 4.41. The summed E-state index contributed by atoms with van der Waals surface area (Å²) >= 11 is 0. The highest BCUT2D eigenvalue weighted by atomic mass is 16.5. The largest absolute Gasteiger partial charge is 0.493 e. The van der Waals surface area contributed by atoms with Crippen LogP contribution in [-0.2, 0) is 17.6 Å². The molecule has 0 aliphatic carbocycles. The molecule has 2 aromatic rings. The Morgan fingerprint density at radius 2 is 1.97 bits per heavy atom. The summed E-state index contributed by atoms with van der Waals surface area (Å²) in [5, 5.41) is 1.41. The number of nitrogens with zero attached hydrogens (tertiary/aromatic N) is 1. The summed E-state index contributed by atoms with van der Waals surface area (Å²) < 4.78 is 17.4. The van der Waals surface area contributed by atoms with E-state index in [9.17, 15) is 4.79 Å². The van der Waals surface area contributed by atoms with Gasteiger partial charge in [-0.3, -0.25) is 4.79 Å². The highest BCUT2D eigenvalue weighted by Crippen LogP contribution is 2.41. The van der Waals surface area contributed by atoms with Crippen molar-refractivity contribution in [1.29, 1.82) is 0 Å². The molecule has 0 spiro atoms. The maximum atomic E-state index is 12.3. The molecule has 32 heavy (non-hydrogen) atoms. The van der Waals surface area contributed by atoms with Gasteiger partial charge in [-0.15, -0.1) is 0 Å². The van der Waals surface area contributed by atoms with Gasteiger partial charge in [-0.05, 0) is 22.8 Å². The van der Waals surface area contributed by atoms with Gasteiger partial charge in [0.2, 0.25) is 0 Å². The fraction of sp³-hybridized carbons (Fsp3) is 0.375. The van der Waals surface area contributed by atoms with Crippen molar-refractivity contribution in [1.82, 2.24) is 5.01 Å². The summed E-state index contributed by atoms with van der Waals surface area (Å²) in [4.78, 5) is 12.3. The van der Waals surface area contributed by atoms with Crippen LogP contribution < -0.4 is 26.8 Å². The average molecular weight is 439 g/mol. The van der Waals surface area contributed by atoms with Crippen molar-refractivity contribution < 1.29 is 19.0 Å². The van der Waals surface area contributed by atoms with E-state index in [0.29, 0.717) is 56.3 Å². The predicted molar refractivity (Wildman–Crippen MR) is 122 cm³/mol. The Balaban J connectivity index is 1.61. The van der Waals surface area contributed by atoms with E-state index < -0.39 is 5.91 Å². The molecule has 0 aromatic heterocycles. The monoisotopic (exact) mass is 438 g/mol. The molecule has 2 aliphatic heterocycles. The number of nitrogens with two attached hydrogens (primary N) is 3. The van der Waals surface area contributed by atoms with Crippen molar-refractivity contribution in [2.45, 2.75) is 19.8 Å². The number of carbonyl (C=O) groups is 1. The van der Waals surface area contributed by atoms with Crippen LogP contribution in [0.2, 0.25) is 0 Å². The van der Waals surface area contributed by atoms with Crippen LogP contribution in [0.1, 0.15) is 39.5 Å². The Morgan fingerprint density at radius 3 is 2.56 bits per heavy atom. The molecule has 8 nitrogen and oxygen atoms in total. The minimum absolute atomic E-state index is 0.0450. The zero-order chi connectivity index (χ0) is 22.9. The topological polar surface area (TPSA) is 126 Å². The first kappa shape index (κ1) is 22.0. The lowest BCUT2D eigenvalue weighted by atomic mass is 9.90. The fourth-order valence-corrected chi connectivity index (χ4v) is 4.02. The third kappa shape index (κ3) is 4.51. The molecule has 2 aromatic carbocycles. The zero-order valence-corrected chi connectivity index (χ0v) is 18.5. The molecular formula is C24H30N4O4. The van der Waals surface area contributed by atoms with Crippen molar-refractivity contribution in [3.05, 3.63) is 64.3 Å². The number of hydrogen-bond acceptors (Lipinski definition) is 7. The minimum atomic E-state index is -0.509. The summed E-state index contributed by atoms with van der Waals surface area (Å²) in [5.41, 5.74) is 16.5. The van der Waals surface area contributed by atoms with Gasteiger partial charge in [0.05, 0.1) is 37.7 Å². The van der Waals surface area contributed by atoms with Gasteiger partial charge in [0.15, 0.2) is 0 Å². The zero-order valence-electron chi connectivity index (χ0n) is 18.5. The summed E-state index contributed by atoms with van der Waals surface area (Å²) in [6, 6.07) is 9.69. The van der Waals surface area contributed by atoms with Crippen LogP contribution in [-0.4, -0.2) is 44.4 Å². The number of rotatable bonds is 8. The van der Waals surface area contributed by atoms with Gasteiger partial charge in [-0.25, -0.2) is 5.84 Å². The average Bonchev–Trinajstić information content (AvgIpc) is 3.21. The van der Waals surface area contributed by atoms with E-state index in [1.807, 2.05) is 24.3 Å². The van der Waals surface area contributed by atoms with Gasteiger partial charge < -0.3 is 30.7 Å². The number of amides is 1. The number of ether oxygens (including phenoxy) is 3. The second-order valence-electron chi connectivity index (χ2n) is 8.90. The van der Waals surface area contributed by atoms with E-state index in [2.05, 4.69) is 6.92 Å². The molecule has 0 radical (unpaired) electrons.